The topological polar surface area (TPSA) is 25.2 Å². The van der Waals surface area contributed by atoms with E-state index in [1.165, 1.54) is 0 Å². The van der Waals surface area contributed by atoms with Gasteiger partial charge in [0.2, 0.25) is 0 Å². The van der Waals surface area contributed by atoms with Gasteiger partial charge in [-0.25, -0.2) is 0 Å². The van der Waals surface area contributed by atoms with Gasteiger partial charge in [0.05, 0.1) is 6.61 Å². The van der Waals surface area contributed by atoms with Crippen LogP contribution in [0.4, 0.5) is 0 Å². The van der Waals surface area contributed by atoms with Crippen molar-refractivity contribution in [3.05, 3.63) is 132 Å². The highest BCUT2D eigenvalue weighted by Gasteiger charge is 2.38. The Morgan fingerprint density at radius 1 is 0.577 bits per heavy atom. The molecule has 0 bridgehead atoms. The van der Waals surface area contributed by atoms with Crippen LogP contribution in [0, 0.1) is 0 Å². The third-order valence-electron chi connectivity index (χ3n) is 4.93. The summed E-state index contributed by atoms with van der Waals surface area (Å²) in [5, 5.41) is 9.99. The number of rotatable bonds is 5. The van der Waals surface area contributed by atoms with Crippen molar-refractivity contribution in [1.82, 2.24) is 4.57 Å². The van der Waals surface area contributed by atoms with Crippen LogP contribution in [-0.4, -0.2) is 9.67 Å². The number of aliphatic hydroxyl groups excluding tert-OH is 1. The van der Waals surface area contributed by atoms with Crippen LogP contribution in [0.2, 0.25) is 0 Å². The summed E-state index contributed by atoms with van der Waals surface area (Å²) in [5.74, 6) is 0. The number of hydrogen-bond donors (Lipinski definition) is 1. The van der Waals surface area contributed by atoms with Gasteiger partial charge in [-0.3, -0.25) is 0 Å². The van der Waals surface area contributed by atoms with Crippen LogP contribution in [-0.2, 0) is 12.1 Å². The van der Waals surface area contributed by atoms with Crippen LogP contribution in [0.15, 0.2) is 109 Å². The minimum Gasteiger partial charge on any atom is -0.390 e. The lowest BCUT2D eigenvalue weighted by Gasteiger charge is -2.39. The molecule has 4 aromatic rings. The van der Waals surface area contributed by atoms with Gasteiger partial charge in [-0.2, -0.15) is 0 Å². The summed E-state index contributed by atoms with van der Waals surface area (Å²) in [6, 6.07) is 35.4. The molecular formula is C24H21NO. The molecule has 1 N–H and O–H groups in total. The summed E-state index contributed by atoms with van der Waals surface area (Å²) in [4.78, 5) is 0. The highest BCUT2D eigenvalue weighted by atomic mass is 16.3. The largest absolute Gasteiger partial charge is 0.390 e. The second kappa shape index (κ2) is 7.03. The van der Waals surface area contributed by atoms with Crippen molar-refractivity contribution < 1.29 is 5.11 Å². The number of benzene rings is 3. The third kappa shape index (κ3) is 2.56. The average molecular weight is 339 g/mol. The van der Waals surface area contributed by atoms with Crippen molar-refractivity contribution in [1.29, 1.82) is 0 Å². The fourth-order valence-electron chi connectivity index (χ4n) is 3.83. The Labute approximate surface area is 154 Å². The van der Waals surface area contributed by atoms with E-state index in [4.69, 9.17) is 0 Å². The Hall–Kier alpha value is -3.10. The molecule has 26 heavy (non-hydrogen) atoms. The van der Waals surface area contributed by atoms with E-state index in [1.807, 2.05) is 30.3 Å². The molecule has 0 spiro atoms. The van der Waals surface area contributed by atoms with Crippen LogP contribution in [0.3, 0.4) is 0 Å². The zero-order valence-corrected chi connectivity index (χ0v) is 14.5. The van der Waals surface area contributed by atoms with Crippen molar-refractivity contribution >= 4 is 0 Å². The molecule has 0 saturated carbocycles. The summed E-state index contributed by atoms with van der Waals surface area (Å²) in [6.07, 6.45) is 2.05. The van der Waals surface area contributed by atoms with Gasteiger partial charge in [0.15, 0.2) is 0 Å². The Morgan fingerprint density at radius 3 is 1.38 bits per heavy atom. The summed E-state index contributed by atoms with van der Waals surface area (Å²) < 4.78 is 2.19. The molecule has 1 heterocycles. The molecule has 0 unspecified atom stereocenters. The van der Waals surface area contributed by atoms with Crippen LogP contribution in [0.1, 0.15) is 22.4 Å². The van der Waals surface area contributed by atoms with E-state index in [2.05, 4.69) is 83.6 Å². The van der Waals surface area contributed by atoms with Gasteiger partial charge >= 0.3 is 0 Å². The van der Waals surface area contributed by atoms with Crippen molar-refractivity contribution in [3.63, 3.8) is 0 Å². The fourth-order valence-corrected chi connectivity index (χ4v) is 3.83. The molecule has 0 aliphatic rings. The minimum absolute atomic E-state index is 0.0126. The van der Waals surface area contributed by atoms with Crippen LogP contribution >= 0.6 is 0 Å². The first-order chi connectivity index (χ1) is 12.9. The first-order valence-electron chi connectivity index (χ1n) is 8.81. The lowest BCUT2D eigenvalue weighted by molar-refractivity contribution is 0.265. The lowest BCUT2D eigenvalue weighted by Crippen LogP contribution is -2.38. The van der Waals surface area contributed by atoms with Gasteiger partial charge in [0, 0.05) is 11.9 Å². The Bertz CT molecular complexity index is 862. The SMILES string of the molecule is OCc1cccn1C(c1ccccc1)(c1ccccc1)c1ccccc1. The first-order valence-corrected chi connectivity index (χ1v) is 8.81. The van der Waals surface area contributed by atoms with E-state index in [0.29, 0.717) is 0 Å². The van der Waals surface area contributed by atoms with E-state index in [-0.39, 0.29) is 6.61 Å². The van der Waals surface area contributed by atoms with E-state index < -0.39 is 5.54 Å². The smallest absolute Gasteiger partial charge is 0.120 e. The van der Waals surface area contributed by atoms with Crippen LogP contribution in [0.25, 0.3) is 0 Å². The van der Waals surface area contributed by atoms with Crippen molar-refractivity contribution in [2.75, 3.05) is 0 Å². The Morgan fingerprint density at radius 2 is 1.00 bits per heavy atom. The summed E-state index contributed by atoms with van der Waals surface area (Å²) in [5.41, 5.74) is 3.79. The van der Waals surface area contributed by atoms with Gasteiger partial charge in [0.25, 0.3) is 0 Å². The molecule has 0 atom stereocenters. The first kappa shape index (κ1) is 16.4. The van der Waals surface area contributed by atoms with Crippen LogP contribution < -0.4 is 0 Å². The highest BCUT2D eigenvalue weighted by molar-refractivity contribution is 5.51. The average Bonchev–Trinajstić information content (AvgIpc) is 3.20. The van der Waals surface area contributed by atoms with Gasteiger partial charge in [-0.15, -0.1) is 0 Å². The van der Waals surface area contributed by atoms with E-state index >= 15 is 0 Å². The van der Waals surface area contributed by atoms with Crippen molar-refractivity contribution in [2.45, 2.75) is 12.1 Å². The predicted octanol–water partition coefficient (Wildman–Crippen LogP) is 4.82. The molecule has 2 heteroatoms. The maximum Gasteiger partial charge on any atom is 0.120 e. The zero-order valence-electron chi connectivity index (χ0n) is 14.5. The molecule has 4 rings (SSSR count). The monoisotopic (exact) mass is 339 g/mol. The zero-order chi connectivity index (χ0) is 17.8. The molecule has 0 fully saturated rings. The maximum atomic E-state index is 9.99. The van der Waals surface area contributed by atoms with E-state index in [0.717, 1.165) is 22.4 Å². The number of nitrogens with zero attached hydrogens (tertiary/aromatic N) is 1. The number of aromatic nitrogens is 1. The van der Waals surface area contributed by atoms with Gasteiger partial charge < -0.3 is 9.67 Å². The molecule has 0 aliphatic heterocycles. The molecule has 0 amide bonds. The molecule has 1 aromatic heterocycles. The fraction of sp³-hybridized carbons (Fsp3) is 0.0833. The Balaban J connectivity index is 2.15. The summed E-state index contributed by atoms with van der Waals surface area (Å²) in [6.45, 7) is -0.0126. The van der Waals surface area contributed by atoms with Gasteiger partial charge in [0.1, 0.15) is 5.54 Å². The van der Waals surface area contributed by atoms with Crippen molar-refractivity contribution in [3.8, 4) is 0 Å². The van der Waals surface area contributed by atoms with Gasteiger partial charge in [-0.05, 0) is 28.8 Å². The molecule has 0 saturated heterocycles. The standard InChI is InChI=1S/C24H21NO/c26-19-23-17-10-18-25(23)24(20-11-4-1-5-12-20,21-13-6-2-7-14-21)22-15-8-3-9-16-22/h1-18,26H,19H2. The van der Waals surface area contributed by atoms with Gasteiger partial charge in [-0.1, -0.05) is 91.0 Å². The number of aliphatic hydroxyl groups is 1. The number of hydrogen-bond acceptors (Lipinski definition) is 1. The second-order valence-corrected chi connectivity index (χ2v) is 6.34. The lowest BCUT2D eigenvalue weighted by atomic mass is 9.76. The summed E-state index contributed by atoms with van der Waals surface area (Å²) >= 11 is 0. The molecule has 0 radical (unpaired) electrons. The Kier molecular flexibility index (Phi) is 4.42. The maximum absolute atomic E-state index is 9.99. The predicted molar refractivity (Wildman–Crippen MR) is 105 cm³/mol. The highest BCUT2D eigenvalue weighted by Crippen LogP contribution is 2.41. The summed E-state index contributed by atoms with van der Waals surface area (Å²) in [7, 11) is 0. The quantitative estimate of drug-likeness (QED) is 0.518. The molecule has 128 valence electrons. The normalized spacial score (nSPS) is 11.4. The second-order valence-electron chi connectivity index (χ2n) is 6.34. The third-order valence-corrected chi connectivity index (χ3v) is 4.93. The van der Waals surface area contributed by atoms with E-state index in [9.17, 15) is 5.11 Å². The van der Waals surface area contributed by atoms with Crippen LogP contribution in [0.5, 0.6) is 0 Å². The minimum atomic E-state index is -0.550. The molecule has 2 nitrogen and oxygen atoms in total. The molecule has 3 aromatic carbocycles. The molecular weight excluding hydrogens is 318 g/mol. The van der Waals surface area contributed by atoms with E-state index in [1.54, 1.807) is 0 Å². The molecule has 0 aliphatic carbocycles. The van der Waals surface area contributed by atoms with Crippen molar-refractivity contribution in [2.24, 2.45) is 0 Å².